The molecule has 0 bridgehead atoms. The Kier molecular flexibility index (Phi) is 3.38. The van der Waals surface area contributed by atoms with E-state index in [0.717, 1.165) is 0 Å². The van der Waals surface area contributed by atoms with Crippen molar-refractivity contribution >= 4 is 16.6 Å². The van der Waals surface area contributed by atoms with Crippen molar-refractivity contribution in [1.29, 1.82) is 0 Å². The fourth-order valence-corrected chi connectivity index (χ4v) is 2.52. The number of hydrogen-bond acceptors (Lipinski definition) is 6. The summed E-state index contributed by atoms with van der Waals surface area (Å²) < 4.78 is 6.95. The van der Waals surface area contributed by atoms with Gasteiger partial charge in [0.25, 0.3) is 5.69 Å². The van der Waals surface area contributed by atoms with E-state index < -0.39 is 29.5 Å². The Morgan fingerprint density at radius 1 is 1.24 bits per heavy atom. The fourth-order valence-electron chi connectivity index (χ4n) is 2.52. The van der Waals surface area contributed by atoms with Crippen LogP contribution in [0.15, 0.2) is 30.5 Å². The van der Waals surface area contributed by atoms with Crippen LogP contribution in [0.1, 0.15) is 6.23 Å². The minimum Gasteiger partial charge on any atom is -0.388 e. The summed E-state index contributed by atoms with van der Waals surface area (Å²) >= 11 is 0. The van der Waals surface area contributed by atoms with Crippen LogP contribution in [-0.4, -0.2) is 49.7 Å². The van der Waals surface area contributed by atoms with Crippen LogP contribution < -0.4 is 0 Å². The smallest absolute Gasteiger partial charge is 0.270 e. The Morgan fingerprint density at radius 2 is 2.00 bits per heavy atom. The highest BCUT2D eigenvalue weighted by atomic mass is 16.6. The van der Waals surface area contributed by atoms with E-state index in [1.165, 1.54) is 12.1 Å². The molecular formula is C13H14N2O6. The number of nitro benzene ring substituents is 1. The molecule has 1 fully saturated rings. The maximum atomic E-state index is 10.8. The molecular weight excluding hydrogens is 280 g/mol. The van der Waals surface area contributed by atoms with E-state index in [-0.39, 0.29) is 12.3 Å². The lowest BCUT2D eigenvalue weighted by Crippen LogP contribution is -2.50. The van der Waals surface area contributed by atoms with Crippen molar-refractivity contribution in [3.05, 3.63) is 40.6 Å². The normalized spacial score (nSPS) is 29.7. The maximum Gasteiger partial charge on any atom is 0.270 e. The molecule has 3 N–H and O–H groups in total. The van der Waals surface area contributed by atoms with E-state index >= 15 is 0 Å². The highest BCUT2D eigenvalue weighted by Gasteiger charge is 2.38. The summed E-state index contributed by atoms with van der Waals surface area (Å²) in [4.78, 5) is 10.3. The molecule has 0 spiro atoms. The lowest BCUT2D eigenvalue weighted by atomic mass is 10.0. The zero-order valence-corrected chi connectivity index (χ0v) is 10.9. The summed E-state index contributed by atoms with van der Waals surface area (Å²) in [5.41, 5.74) is 0.606. The van der Waals surface area contributed by atoms with Gasteiger partial charge in [-0.2, -0.15) is 0 Å². The highest BCUT2D eigenvalue weighted by molar-refractivity contribution is 5.82. The Labute approximate surface area is 119 Å². The molecule has 0 unspecified atom stereocenters. The Balaban J connectivity index is 1.99. The molecule has 3 rings (SSSR count). The van der Waals surface area contributed by atoms with Crippen molar-refractivity contribution in [3.63, 3.8) is 0 Å². The van der Waals surface area contributed by atoms with Gasteiger partial charge in [0.1, 0.15) is 18.3 Å². The molecule has 8 heteroatoms. The zero-order valence-electron chi connectivity index (χ0n) is 10.9. The first-order chi connectivity index (χ1) is 9.99. The molecule has 112 valence electrons. The zero-order chi connectivity index (χ0) is 15.1. The average Bonchev–Trinajstić information content (AvgIpc) is 2.88. The van der Waals surface area contributed by atoms with Crippen molar-refractivity contribution in [2.45, 2.75) is 24.5 Å². The third-order valence-corrected chi connectivity index (χ3v) is 3.66. The van der Waals surface area contributed by atoms with E-state index in [1.54, 1.807) is 22.9 Å². The minimum absolute atomic E-state index is 0.0270. The Hall–Kier alpha value is -2.00. The van der Waals surface area contributed by atoms with Crippen LogP contribution in [0, 0.1) is 10.1 Å². The number of rotatable bonds is 2. The largest absolute Gasteiger partial charge is 0.388 e. The van der Waals surface area contributed by atoms with Crippen molar-refractivity contribution in [3.8, 4) is 0 Å². The van der Waals surface area contributed by atoms with Crippen LogP contribution in [0.25, 0.3) is 10.9 Å². The van der Waals surface area contributed by atoms with Gasteiger partial charge in [-0.25, -0.2) is 0 Å². The van der Waals surface area contributed by atoms with E-state index in [1.807, 2.05) is 0 Å². The monoisotopic (exact) mass is 294 g/mol. The van der Waals surface area contributed by atoms with Crippen LogP contribution >= 0.6 is 0 Å². The summed E-state index contributed by atoms with van der Waals surface area (Å²) in [5.74, 6) is 0. The number of fused-ring (bicyclic) bond motifs is 1. The predicted molar refractivity (Wildman–Crippen MR) is 71.6 cm³/mol. The van der Waals surface area contributed by atoms with Gasteiger partial charge >= 0.3 is 0 Å². The molecule has 1 aromatic carbocycles. The number of aliphatic hydroxyl groups is 3. The lowest BCUT2D eigenvalue weighted by molar-refractivity contribution is -0.384. The van der Waals surface area contributed by atoms with Crippen molar-refractivity contribution in [2.24, 2.45) is 0 Å². The lowest BCUT2D eigenvalue weighted by Gasteiger charge is -2.36. The van der Waals surface area contributed by atoms with Crippen molar-refractivity contribution < 1.29 is 25.0 Å². The molecule has 0 radical (unpaired) electrons. The summed E-state index contributed by atoms with van der Waals surface area (Å²) in [7, 11) is 0. The minimum atomic E-state index is -1.31. The first-order valence-corrected chi connectivity index (χ1v) is 6.40. The Morgan fingerprint density at radius 3 is 2.71 bits per heavy atom. The number of benzene rings is 1. The molecule has 2 heterocycles. The van der Waals surface area contributed by atoms with Gasteiger partial charge in [0.05, 0.1) is 17.0 Å². The van der Waals surface area contributed by atoms with Crippen LogP contribution in [0.4, 0.5) is 5.69 Å². The third-order valence-electron chi connectivity index (χ3n) is 3.66. The van der Waals surface area contributed by atoms with Crippen LogP contribution in [-0.2, 0) is 4.74 Å². The number of nitro groups is 1. The van der Waals surface area contributed by atoms with Gasteiger partial charge in [0, 0.05) is 23.7 Å². The van der Waals surface area contributed by atoms with Gasteiger partial charge in [-0.05, 0) is 12.1 Å². The van der Waals surface area contributed by atoms with Gasteiger partial charge in [-0.1, -0.05) is 0 Å². The van der Waals surface area contributed by atoms with Crippen molar-refractivity contribution in [1.82, 2.24) is 4.57 Å². The van der Waals surface area contributed by atoms with Crippen molar-refractivity contribution in [2.75, 3.05) is 6.61 Å². The SMILES string of the molecule is O=[N+]([O-])c1ccc2c(ccn2[C@@H]2OC[C@@H](O)[C@@H](O)[C@H]2O)c1. The molecule has 1 aromatic heterocycles. The molecule has 1 aliphatic rings. The van der Waals surface area contributed by atoms with Gasteiger partial charge in [0.15, 0.2) is 6.23 Å². The number of non-ortho nitro benzene ring substituents is 1. The molecule has 1 aliphatic heterocycles. The van der Waals surface area contributed by atoms with Crippen LogP contribution in [0.5, 0.6) is 0 Å². The number of hydrogen-bond donors (Lipinski definition) is 3. The second kappa shape index (κ2) is 5.08. The van der Waals surface area contributed by atoms with E-state index in [9.17, 15) is 25.4 Å². The van der Waals surface area contributed by atoms with Gasteiger partial charge in [-0.15, -0.1) is 0 Å². The summed E-state index contributed by atoms with van der Waals surface area (Å²) in [6.07, 6.45) is -2.98. The molecule has 1 saturated heterocycles. The molecule has 0 aliphatic carbocycles. The quantitative estimate of drug-likeness (QED) is 0.536. The first-order valence-electron chi connectivity index (χ1n) is 6.40. The molecule has 8 nitrogen and oxygen atoms in total. The predicted octanol–water partition coefficient (Wildman–Crippen LogP) is 0.161. The summed E-state index contributed by atoms with van der Waals surface area (Å²) in [6, 6.07) is 6.00. The van der Waals surface area contributed by atoms with E-state index in [2.05, 4.69) is 0 Å². The third kappa shape index (κ3) is 2.28. The maximum absolute atomic E-state index is 10.8. The number of aromatic nitrogens is 1. The molecule has 0 saturated carbocycles. The summed E-state index contributed by atoms with van der Waals surface area (Å²) in [6.45, 7) is -0.102. The second-order valence-corrected chi connectivity index (χ2v) is 5.00. The molecule has 21 heavy (non-hydrogen) atoms. The van der Waals surface area contributed by atoms with Gasteiger partial charge in [-0.3, -0.25) is 10.1 Å². The van der Waals surface area contributed by atoms with E-state index in [0.29, 0.717) is 10.9 Å². The highest BCUT2D eigenvalue weighted by Crippen LogP contribution is 2.30. The molecule has 0 amide bonds. The van der Waals surface area contributed by atoms with Gasteiger partial charge < -0.3 is 24.6 Å². The molecule has 2 aromatic rings. The Bertz CT molecular complexity index is 684. The fraction of sp³-hybridized carbons (Fsp3) is 0.385. The average molecular weight is 294 g/mol. The number of ether oxygens (including phenoxy) is 1. The van der Waals surface area contributed by atoms with Crippen LogP contribution in [0.3, 0.4) is 0 Å². The first kappa shape index (κ1) is 14.0. The number of aliphatic hydroxyl groups excluding tert-OH is 3. The summed E-state index contributed by atoms with van der Waals surface area (Å²) in [5, 5.41) is 40.6. The van der Waals surface area contributed by atoms with Crippen LogP contribution in [0.2, 0.25) is 0 Å². The van der Waals surface area contributed by atoms with Gasteiger partial charge in [0.2, 0.25) is 0 Å². The standard InChI is InChI=1S/C13H14N2O6/c16-10-6-21-13(12(18)11(10)17)14-4-3-7-5-8(15(19)20)1-2-9(7)14/h1-5,10-13,16-18H,6H2/t10-,11-,12-,13-/m1/s1. The topological polar surface area (TPSA) is 118 Å². The number of nitrogens with zero attached hydrogens (tertiary/aromatic N) is 2. The molecule has 4 atom stereocenters. The second-order valence-electron chi connectivity index (χ2n) is 5.00. The van der Waals surface area contributed by atoms with E-state index in [4.69, 9.17) is 4.74 Å².